The second-order valence-corrected chi connectivity index (χ2v) is 4.55. The summed E-state index contributed by atoms with van der Waals surface area (Å²) in [5.41, 5.74) is 1.12. The lowest BCUT2D eigenvalue weighted by atomic mass is 10.1. The number of benzene rings is 1. The van der Waals surface area contributed by atoms with Gasteiger partial charge in [0.2, 0.25) is 0 Å². The predicted molar refractivity (Wildman–Crippen MR) is 72.2 cm³/mol. The largest absolute Gasteiger partial charge is 0.497 e. The second-order valence-electron chi connectivity index (χ2n) is 4.55. The molecule has 102 valence electrons. The highest BCUT2D eigenvalue weighted by molar-refractivity contribution is 5.40. The Bertz CT molecular complexity index is 366. The Morgan fingerprint density at radius 3 is 2.56 bits per heavy atom. The molecule has 4 nitrogen and oxygen atoms in total. The molecule has 0 radical (unpaired) electrons. The number of aliphatic hydroxyl groups excluding tert-OH is 1. The third kappa shape index (κ3) is 4.55. The molecule has 0 saturated heterocycles. The van der Waals surface area contributed by atoms with E-state index in [0.29, 0.717) is 0 Å². The van der Waals surface area contributed by atoms with Crippen molar-refractivity contribution >= 4 is 0 Å². The Morgan fingerprint density at radius 1 is 1.28 bits per heavy atom. The van der Waals surface area contributed by atoms with Gasteiger partial charge >= 0.3 is 0 Å². The maximum absolute atomic E-state index is 9.27. The van der Waals surface area contributed by atoms with Gasteiger partial charge in [-0.05, 0) is 26.5 Å². The van der Waals surface area contributed by atoms with Crippen LogP contribution < -0.4 is 9.47 Å². The summed E-state index contributed by atoms with van der Waals surface area (Å²) < 4.78 is 10.5. The van der Waals surface area contributed by atoms with Gasteiger partial charge in [0.15, 0.2) is 0 Å². The van der Waals surface area contributed by atoms with E-state index in [1.807, 2.05) is 32.2 Å². The smallest absolute Gasteiger partial charge is 0.127 e. The van der Waals surface area contributed by atoms with Crippen molar-refractivity contribution in [2.75, 3.05) is 27.8 Å². The van der Waals surface area contributed by atoms with E-state index in [1.165, 1.54) is 0 Å². The fourth-order valence-corrected chi connectivity index (χ4v) is 1.76. The highest BCUT2D eigenvalue weighted by Crippen LogP contribution is 2.25. The summed E-state index contributed by atoms with van der Waals surface area (Å²) in [5, 5.41) is 9.27. The maximum atomic E-state index is 9.27. The van der Waals surface area contributed by atoms with Crippen LogP contribution in [0.2, 0.25) is 0 Å². The number of methoxy groups -OCH3 is 2. The second kappa shape index (κ2) is 7.24. The lowest BCUT2D eigenvalue weighted by molar-refractivity contribution is 0.162. The van der Waals surface area contributed by atoms with Crippen LogP contribution in [0.25, 0.3) is 0 Å². The monoisotopic (exact) mass is 253 g/mol. The first-order valence-corrected chi connectivity index (χ1v) is 6.14. The molecule has 0 fully saturated rings. The van der Waals surface area contributed by atoms with Gasteiger partial charge in [0.25, 0.3) is 0 Å². The zero-order valence-corrected chi connectivity index (χ0v) is 11.6. The van der Waals surface area contributed by atoms with Crippen LogP contribution in [0.3, 0.4) is 0 Å². The molecule has 1 aromatic carbocycles. The Labute approximate surface area is 109 Å². The van der Waals surface area contributed by atoms with E-state index < -0.39 is 0 Å². The standard InChI is InChI=1S/C14H23NO3/c1-11(16)7-8-15(2)10-12-5-6-13(17-3)9-14(12)18-4/h5-6,9,11,16H,7-8,10H2,1-4H3. The summed E-state index contributed by atoms with van der Waals surface area (Å²) in [5.74, 6) is 1.63. The Kier molecular flexibility index (Phi) is 5.95. The van der Waals surface area contributed by atoms with E-state index in [1.54, 1.807) is 14.2 Å². The average Bonchev–Trinajstić information content (AvgIpc) is 2.36. The predicted octanol–water partition coefficient (Wildman–Crippen LogP) is 1.91. The molecule has 0 aliphatic heterocycles. The third-order valence-corrected chi connectivity index (χ3v) is 2.86. The van der Waals surface area contributed by atoms with Crippen LogP contribution in [-0.2, 0) is 6.54 Å². The zero-order valence-electron chi connectivity index (χ0n) is 11.6. The summed E-state index contributed by atoms with van der Waals surface area (Å²) in [6.45, 7) is 3.45. The first-order chi connectivity index (χ1) is 8.56. The number of ether oxygens (including phenoxy) is 2. The summed E-state index contributed by atoms with van der Waals surface area (Å²) in [6, 6.07) is 5.83. The first kappa shape index (κ1) is 14.8. The van der Waals surface area contributed by atoms with E-state index in [2.05, 4.69) is 4.90 Å². The summed E-state index contributed by atoms with van der Waals surface area (Å²) in [7, 11) is 5.34. The van der Waals surface area contributed by atoms with E-state index in [4.69, 9.17) is 9.47 Å². The summed E-state index contributed by atoms with van der Waals surface area (Å²) in [6.07, 6.45) is 0.514. The van der Waals surface area contributed by atoms with Crippen LogP contribution in [0, 0.1) is 0 Å². The van der Waals surface area contributed by atoms with E-state index in [-0.39, 0.29) is 6.10 Å². The van der Waals surface area contributed by atoms with Gasteiger partial charge in [0, 0.05) is 24.7 Å². The topological polar surface area (TPSA) is 41.9 Å². The molecular weight excluding hydrogens is 230 g/mol. The van der Waals surface area contributed by atoms with Crippen LogP contribution in [0.15, 0.2) is 18.2 Å². The Morgan fingerprint density at radius 2 is 2.00 bits per heavy atom. The van der Waals surface area contributed by atoms with Crippen LogP contribution >= 0.6 is 0 Å². The van der Waals surface area contributed by atoms with Gasteiger partial charge in [0.1, 0.15) is 11.5 Å². The van der Waals surface area contributed by atoms with Crippen LogP contribution in [0.5, 0.6) is 11.5 Å². The van der Waals surface area contributed by atoms with Gasteiger partial charge in [-0.1, -0.05) is 6.07 Å². The highest BCUT2D eigenvalue weighted by Gasteiger charge is 2.08. The minimum Gasteiger partial charge on any atom is -0.497 e. The number of aliphatic hydroxyl groups is 1. The van der Waals surface area contributed by atoms with Gasteiger partial charge in [-0.2, -0.15) is 0 Å². The van der Waals surface area contributed by atoms with Gasteiger partial charge < -0.3 is 19.5 Å². The lowest BCUT2D eigenvalue weighted by Crippen LogP contribution is -2.22. The molecule has 0 heterocycles. The molecule has 0 aliphatic rings. The quantitative estimate of drug-likeness (QED) is 0.806. The molecular formula is C14H23NO3. The first-order valence-electron chi connectivity index (χ1n) is 6.14. The van der Waals surface area contributed by atoms with Crippen molar-refractivity contribution in [1.82, 2.24) is 4.90 Å². The van der Waals surface area contributed by atoms with Crippen molar-refractivity contribution in [1.29, 1.82) is 0 Å². The lowest BCUT2D eigenvalue weighted by Gasteiger charge is -2.19. The van der Waals surface area contributed by atoms with Crippen molar-refractivity contribution < 1.29 is 14.6 Å². The third-order valence-electron chi connectivity index (χ3n) is 2.86. The van der Waals surface area contributed by atoms with Crippen LogP contribution in [0.4, 0.5) is 0 Å². The minimum atomic E-state index is -0.259. The average molecular weight is 253 g/mol. The van der Waals surface area contributed by atoms with Gasteiger partial charge in [-0.25, -0.2) is 0 Å². The van der Waals surface area contributed by atoms with Gasteiger partial charge in [-0.15, -0.1) is 0 Å². The molecule has 1 unspecified atom stereocenters. The number of nitrogens with zero attached hydrogens (tertiary/aromatic N) is 1. The van der Waals surface area contributed by atoms with Crippen molar-refractivity contribution in [3.8, 4) is 11.5 Å². The van der Waals surface area contributed by atoms with Crippen molar-refractivity contribution in [3.63, 3.8) is 0 Å². The van der Waals surface area contributed by atoms with Crippen molar-refractivity contribution in [3.05, 3.63) is 23.8 Å². The molecule has 0 bridgehead atoms. The molecule has 18 heavy (non-hydrogen) atoms. The zero-order chi connectivity index (χ0) is 13.5. The molecule has 1 atom stereocenters. The SMILES string of the molecule is COc1ccc(CN(C)CCC(C)O)c(OC)c1. The fraction of sp³-hybridized carbons (Fsp3) is 0.571. The number of rotatable bonds is 7. The molecule has 0 aromatic heterocycles. The maximum Gasteiger partial charge on any atom is 0.127 e. The Hall–Kier alpha value is -1.26. The van der Waals surface area contributed by atoms with Crippen molar-refractivity contribution in [2.24, 2.45) is 0 Å². The summed E-state index contributed by atoms with van der Waals surface area (Å²) in [4.78, 5) is 2.16. The van der Waals surface area contributed by atoms with Gasteiger partial charge in [-0.3, -0.25) is 0 Å². The molecule has 0 spiro atoms. The molecule has 1 rings (SSSR count). The van der Waals surface area contributed by atoms with Crippen LogP contribution in [0.1, 0.15) is 18.9 Å². The molecule has 0 saturated carbocycles. The fourth-order valence-electron chi connectivity index (χ4n) is 1.76. The molecule has 1 N–H and O–H groups in total. The van der Waals surface area contributed by atoms with E-state index >= 15 is 0 Å². The molecule has 0 amide bonds. The highest BCUT2D eigenvalue weighted by atomic mass is 16.5. The summed E-state index contributed by atoms with van der Waals surface area (Å²) >= 11 is 0. The number of hydrogen-bond donors (Lipinski definition) is 1. The minimum absolute atomic E-state index is 0.259. The van der Waals surface area contributed by atoms with E-state index in [9.17, 15) is 5.11 Å². The van der Waals surface area contributed by atoms with E-state index in [0.717, 1.165) is 36.6 Å². The molecule has 0 aliphatic carbocycles. The molecule has 1 aromatic rings. The number of hydrogen-bond acceptors (Lipinski definition) is 4. The Balaban J connectivity index is 2.65. The van der Waals surface area contributed by atoms with Gasteiger partial charge in [0.05, 0.1) is 20.3 Å². The normalized spacial score (nSPS) is 12.6. The molecule has 4 heteroatoms. The van der Waals surface area contributed by atoms with Crippen molar-refractivity contribution in [2.45, 2.75) is 26.0 Å². The van der Waals surface area contributed by atoms with Crippen LogP contribution in [-0.4, -0.2) is 43.9 Å².